The van der Waals surface area contributed by atoms with Crippen LogP contribution in [0.15, 0.2) is 67.1 Å². The van der Waals surface area contributed by atoms with E-state index >= 15 is 0 Å². The molecule has 0 aliphatic carbocycles. The highest BCUT2D eigenvalue weighted by molar-refractivity contribution is 6.05. The summed E-state index contributed by atoms with van der Waals surface area (Å²) in [7, 11) is 1.76. The van der Waals surface area contributed by atoms with Crippen molar-refractivity contribution in [1.29, 1.82) is 0 Å². The minimum atomic E-state index is -0.991. The molecule has 1 N–H and O–H groups in total. The molecule has 0 aliphatic heterocycles. The van der Waals surface area contributed by atoms with Gasteiger partial charge in [0.05, 0.1) is 0 Å². The van der Waals surface area contributed by atoms with Crippen molar-refractivity contribution in [3.05, 3.63) is 95.8 Å². The van der Waals surface area contributed by atoms with E-state index in [1.165, 1.54) is 6.07 Å². The number of imidazole rings is 1. The van der Waals surface area contributed by atoms with Gasteiger partial charge in [-0.25, -0.2) is 13.8 Å². The maximum Gasteiger partial charge on any atom is 0.271 e. The zero-order valence-corrected chi connectivity index (χ0v) is 14.9. The van der Waals surface area contributed by atoms with Crippen LogP contribution in [-0.2, 0) is 7.05 Å². The van der Waals surface area contributed by atoms with E-state index in [0.717, 1.165) is 17.5 Å². The molecule has 0 radical (unpaired) electrons. The Morgan fingerprint density at radius 2 is 1.86 bits per heavy atom. The number of carbonyl (C=O) groups excluding carboxylic acids is 1. The van der Waals surface area contributed by atoms with Gasteiger partial charge < -0.3 is 9.88 Å². The van der Waals surface area contributed by atoms with E-state index in [1.54, 1.807) is 30.2 Å². The highest BCUT2D eigenvalue weighted by Gasteiger charge is 2.24. The van der Waals surface area contributed by atoms with Crippen LogP contribution in [0.2, 0.25) is 0 Å². The molecule has 2 aromatic carbocycles. The normalized spacial score (nSPS) is 12.1. The first kappa shape index (κ1) is 17.8. The quantitative estimate of drug-likeness (QED) is 0.588. The number of aromatic nitrogens is 3. The van der Waals surface area contributed by atoms with E-state index in [2.05, 4.69) is 15.3 Å². The third-order valence-corrected chi connectivity index (χ3v) is 4.56. The monoisotopic (exact) mass is 378 g/mol. The lowest BCUT2D eigenvalue weighted by Crippen LogP contribution is -2.32. The number of aryl methyl sites for hydroxylation is 1. The van der Waals surface area contributed by atoms with Gasteiger partial charge in [-0.3, -0.25) is 9.78 Å². The Hall–Kier alpha value is -3.61. The van der Waals surface area contributed by atoms with E-state index in [0.29, 0.717) is 16.8 Å². The van der Waals surface area contributed by atoms with Crippen LogP contribution >= 0.6 is 0 Å². The zero-order chi connectivity index (χ0) is 19.7. The number of rotatable bonds is 4. The maximum atomic E-state index is 13.8. The van der Waals surface area contributed by atoms with Gasteiger partial charge in [-0.15, -0.1) is 0 Å². The number of hydrogen-bond donors (Lipinski definition) is 1. The van der Waals surface area contributed by atoms with Gasteiger partial charge >= 0.3 is 0 Å². The summed E-state index contributed by atoms with van der Waals surface area (Å²) in [5, 5.41) is 4.44. The van der Waals surface area contributed by atoms with Crippen molar-refractivity contribution in [3.63, 3.8) is 0 Å². The van der Waals surface area contributed by atoms with Crippen molar-refractivity contribution in [2.24, 2.45) is 7.05 Å². The van der Waals surface area contributed by atoms with Crippen LogP contribution in [0, 0.1) is 11.6 Å². The van der Waals surface area contributed by atoms with Crippen LogP contribution in [0.5, 0.6) is 0 Å². The van der Waals surface area contributed by atoms with Crippen molar-refractivity contribution >= 4 is 16.7 Å². The Balaban J connectivity index is 1.76. The predicted octanol–water partition coefficient (Wildman–Crippen LogP) is 3.77. The van der Waals surface area contributed by atoms with E-state index in [-0.39, 0.29) is 5.69 Å². The zero-order valence-electron chi connectivity index (χ0n) is 14.9. The Morgan fingerprint density at radius 1 is 1.04 bits per heavy atom. The summed E-state index contributed by atoms with van der Waals surface area (Å²) in [6.45, 7) is 0. The second-order valence-electron chi connectivity index (χ2n) is 6.36. The lowest BCUT2D eigenvalue weighted by molar-refractivity contribution is 0.0938. The molecule has 2 aromatic heterocycles. The smallest absolute Gasteiger partial charge is 0.271 e. The van der Waals surface area contributed by atoms with Crippen LogP contribution in [0.3, 0.4) is 0 Å². The molecule has 7 heteroatoms. The van der Waals surface area contributed by atoms with E-state index in [1.807, 2.05) is 30.3 Å². The molecule has 0 spiro atoms. The molecule has 140 valence electrons. The number of pyridine rings is 1. The molecule has 5 nitrogen and oxygen atoms in total. The molecule has 2 heterocycles. The second-order valence-corrected chi connectivity index (χ2v) is 6.36. The van der Waals surface area contributed by atoms with Gasteiger partial charge in [-0.2, -0.15) is 0 Å². The number of fused-ring (bicyclic) bond motifs is 1. The molecule has 1 atom stereocenters. The van der Waals surface area contributed by atoms with Gasteiger partial charge in [0.1, 0.15) is 17.6 Å². The number of nitrogens with one attached hydrogen (secondary N) is 1. The van der Waals surface area contributed by atoms with Crippen molar-refractivity contribution in [1.82, 2.24) is 19.9 Å². The summed E-state index contributed by atoms with van der Waals surface area (Å²) in [6, 6.07) is 12.0. The third-order valence-electron chi connectivity index (χ3n) is 4.56. The third kappa shape index (κ3) is 3.22. The minimum Gasteiger partial charge on any atom is -0.337 e. The van der Waals surface area contributed by atoms with Crippen LogP contribution in [0.4, 0.5) is 8.78 Å². The summed E-state index contributed by atoms with van der Waals surface area (Å²) < 4.78 is 28.9. The Kier molecular flexibility index (Phi) is 4.57. The number of benzene rings is 2. The first-order valence-corrected chi connectivity index (χ1v) is 8.61. The average molecular weight is 378 g/mol. The van der Waals surface area contributed by atoms with Crippen molar-refractivity contribution in [2.45, 2.75) is 6.04 Å². The van der Waals surface area contributed by atoms with Crippen molar-refractivity contribution in [2.75, 3.05) is 0 Å². The Bertz CT molecular complexity index is 1170. The Morgan fingerprint density at radius 3 is 2.61 bits per heavy atom. The van der Waals surface area contributed by atoms with Crippen LogP contribution < -0.4 is 5.32 Å². The SMILES string of the molecule is Cn1ccnc1[C@H](NC(=O)c1nccc2ccccc12)c1ccc(F)c(F)c1. The summed E-state index contributed by atoms with van der Waals surface area (Å²) in [6.07, 6.45) is 4.85. The van der Waals surface area contributed by atoms with Gasteiger partial charge in [-0.1, -0.05) is 30.3 Å². The summed E-state index contributed by atoms with van der Waals surface area (Å²) in [5.41, 5.74) is 0.627. The van der Waals surface area contributed by atoms with Gasteiger partial charge in [-0.05, 0) is 29.1 Å². The fraction of sp³-hybridized carbons (Fsp3) is 0.0952. The molecule has 0 bridgehead atoms. The molecular weight excluding hydrogens is 362 g/mol. The molecule has 1 amide bonds. The number of hydrogen-bond acceptors (Lipinski definition) is 3. The standard InChI is InChI=1S/C21H16F2N4O/c1-27-11-10-25-20(27)18(14-6-7-16(22)17(23)12-14)26-21(28)19-15-5-3-2-4-13(15)8-9-24-19/h2-12,18H,1H3,(H,26,28)/t18-/m1/s1. The molecule has 28 heavy (non-hydrogen) atoms. The average Bonchev–Trinajstić information content (AvgIpc) is 3.13. The summed E-state index contributed by atoms with van der Waals surface area (Å²) in [5.74, 6) is -1.90. The highest BCUT2D eigenvalue weighted by atomic mass is 19.2. The number of halogens is 2. The largest absolute Gasteiger partial charge is 0.337 e. The lowest BCUT2D eigenvalue weighted by Gasteiger charge is -2.19. The fourth-order valence-electron chi connectivity index (χ4n) is 3.14. The summed E-state index contributed by atoms with van der Waals surface area (Å²) >= 11 is 0. The first-order valence-electron chi connectivity index (χ1n) is 8.61. The maximum absolute atomic E-state index is 13.8. The van der Waals surface area contributed by atoms with E-state index < -0.39 is 23.6 Å². The van der Waals surface area contributed by atoms with Crippen molar-refractivity contribution < 1.29 is 13.6 Å². The summed E-state index contributed by atoms with van der Waals surface area (Å²) in [4.78, 5) is 21.5. The fourth-order valence-corrected chi connectivity index (χ4v) is 3.14. The first-order chi connectivity index (χ1) is 13.5. The van der Waals surface area contributed by atoms with Crippen LogP contribution in [-0.4, -0.2) is 20.4 Å². The van der Waals surface area contributed by atoms with Gasteiger partial charge in [0.2, 0.25) is 0 Å². The van der Waals surface area contributed by atoms with Gasteiger partial charge in [0.15, 0.2) is 11.6 Å². The molecule has 0 fully saturated rings. The molecule has 0 saturated carbocycles. The molecule has 0 saturated heterocycles. The Labute approximate surface area is 159 Å². The number of amides is 1. The van der Waals surface area contributed by atoms with Gasteiger partial charge in [0, 0.05) is 31.0 Å². The van der Waals surface area contributed by atoms with E-state index in [4.69, 9.17) is 0 Å². The highest BCUT2D eigenvalue weighted by Crippen LogP contribution is 2.24. The van der Waals surface area contributed by atoms with E-state index in [9.17, 15) is 13.6 Å². The molecule has 0 unspecified atom stereocenters. The predicted molar refractivity (Wildman–Crippen MR) is 101 cm³/mol. The lowest BCUT2D eigenvalue weighted by atomic mass is 10.0. The van der Waals surface area contributed by atoms with Crippen LogP contribution in [0.1, 0.15) is 27.9 Å². The second kappa shape index (κ2) is 7.19. The molecule has 0 aliphatic rings. The van der Waals surface area contributed by atoms with Gasteiger partial charge in [0.25, 0.3) is 5.91 Å². The molecular formula is C21H16F2N4O. The number of nitrogens with zero attached hydrogens (tertiary/aromatic N) is 3. The minimum absolute atomic E-state index is 0.250. The molecule has 4 aromatic rings. The van der Waals surface area contributed by atoms with Crippen molar-refractivity contribution in [3.8, 4) is 0 Å². The molecule has 4 rings (SSSR count). The topological polar surface area (TPSA) is 59.8 Å². The number of carbonyl (C=O) groups is 1. The van der Waals surface area contributed by atoms with Crippen LogP contribution in [0.25, 0.3) is 10.8 Å².